The van der Waals surface area contributed by atoms with Crippen LogP contribution < -0.4 is 5.32 Å². The molecular formula is C73H139NO5. The van der Waals surface area contributed by atoms with Crippen LogP contribution in [-0.4, -0.2) is 47.4 Å². The van der Waals surface area contributed by atoms with Gasteiger partial charge in [0, 0.05) is 12.8 Å². The average Bonchev–Trinajstić information content (AvgIpc) is 3.45. The highest BCUT2D eigenvalue weighted by molar-refractivity contribution is 5.76. The molecule has 0 rings (SSSR count). The zero-order valence-corrected chi connectivity index (χ0v) is 53.4. The van der Waals surface area contributed by atoms with Gasteiger partial charge in [-0.2, -0.15) is 0 Å². The molecule has 79 heavy (non-hydrogen) atoms. The van der Waals surface area contributed by atoms with Crippen LogP contribution in [0.15, 0.2) is 36.5 Å². The minimum Gasteiger partial charge on any atom is -0.466 e. The normalized spacial score (nSPS) is 12.7. The summed E-state index contributed by atoms with van der Waals surface area (Å²) in [7, 11) is 0. The van der Waals surface area contributed by atoms with Gasteiger partial charge in [0.2, 0.25) is 5.91 Å². The zero-order chi connectivity index (χ0) is 57.1. The standard InChI is InChI=1S/C73H139NO5/c1-3-5-7-9-11-13-15-17-19-21-30-35-39-43-47-51-55-59-63-67-73(78)79-68-64-60-56-52-48-44-40-36-32-29-27-25-23-22-24-26-28-31-34-38-42-46-50-54-58-62-66-72(77)74-70(69-75)71(76)65-61-57-53-49-45-41-37-33-20-18-16-14-12-10-8-6-4-2/h17,19,22,24,61,65,70-71,75-76H,3-16,18,20-21,23,25-60,62-64,66-69H2,1-2H3,(H,74,77)/b19-17-,24-22-,65-61+. The number of nitrogens with one attached hydrogen (secondary N) is 1. The Balaban J connectivity index is 3.39. The molecule has 6 heteroatoms. The molecule has 0 saturated carbocycles. The number of aliphatic hydroxyl groups is 2. The highest BCUT2D eigenvalue weighted by Gasteiger charge is 2.18. The van der Waals surface area contributed by atoms with Gasteiger partial charge in [-0.25, -0.2) is 0 Å². The van der Waals surface area contributed by atoms with Gasteiger partial charge in [-0.05, 0) is 83.5 Å². The summed E-state index contributed by atoms with van der Waals surface area (Å²) in [6, 6.07) is -0.630. The van der Waals surface area contributed by atoms with Crippen molar-refractivity contribution < 1.29 is 24.5 Å². The maximum atomic E-state index is 12.5. The number of allylic oxidation sites excluding steroid dienone is 5. The van der Waals surface area contributed by atoms with Crippen molar-refractivity contribution in [1.29, 1.82) is 0 Å². The quantitative estimate of drug-likeness (QED) is 0.0320. The number of unbranched alkanes of at least 4 members (excludes halogenated alkanes) is 52. The number of ether oxygens (including phenoxy) is 1. The first kappa shape index (κ1) is 77.1. The molecule has 0 spiro atoms. The topological polar surface area (TPSA) is 95.9 Å². The van der Waals surface area contributed by atoms with E-state index >= 15 is 0 Å². The minimum atomic E-state index is -0.846. The minimum absolute atomic E-state index is 0.0140. The van der Waals surface area contributed by atoms with Crippen LogP contribution in [-0.2, 0) is 14.3 Å². The van der Waals surface area contributed by atoms with E-state index in [9.17, 15) is 19.8 Å². The predicted octanol–water partition coefficient (Wildman–Crippen LogP) is 23.1. The van der Waals surface area contributed by atoms with E-state index in [0.717, 1.165) is 44.9 Å². The van der Waals surface area contributed by atoms with Crippen molar-refractivity contribution in [3.05, 3.63) is 36.5 Å². The number of carbonyl (C=O) groups is 2. The van der Waals surface area contributed by atoms with Crippen LogP contribution in [0.2, 0.25) is 0 Å². The number of carbonyl (C=O) groups excluding carboxylic acids is 2. The molecule has 0 saturated heterocycles. The van der Waals surface area contributed by atoms with Crippen molar-refractivity contribution in [3.8, 4) is 0 Å². The third-order valence-corrected chi connectivity index (χ3v) is 16.6. The molecule has 3 N–H and O–H groups in total. The molecule has 0 aliphatic heterocycles. The van der Waals surface area contributed by atoms with E-state index in [1.165, 1.54) is 321 Å². The fourth-order valence-corrected chi connectivity index (χ4v) is 11.2. The molecule has 0 aromatic carbocycles. The predicted molar refractivity (Wildman–Crippen MR) is 347 cm³/mol. The van der Waals surface area contributed by atoms with Gasteiger partial charge in [-0.15, -0.1) is 0 Å². The van der Waals surface area contributed by atoms with E-state index in [-0.39, 0.29) is 18.5 Å². The maximum Gasteiger partial charge on any atom is 0.305 e. The molecule has 1 amide bonds. The van der Waals surface area contributed by atoms with Crippen LogP contribution >= 0.6 is 0 Å². The fourth-order valence-electron chi connectivity index (χ4n) is 11.2. The van der Waals surface area contributed by atoms with E-state index in [0.29, 0.717) is 19.4 Å². The average molecular weight is 1110 g/mol. The van der Waals surface area contributed by atoms with Crippen molar-refractivity contribution in [1.82, 2.24) is 5.32 Å². The third kappa shape index (κ3) is 65.1. The molecule has 0 aromatic heterocycles. The van der Waals surface area contributed by atoms with Gasteiger partial charge in [-0.1, -0.05) is 333 Å². The second-order valence-corrected chi connectivity index (χ2v) is 24.6. The van der Waals surface area contributed by atoms with Crippen molar-refractivity contribution in [2.75, 3.05) is 13.2 Å². The number of hydrogen-bond donors (Lipinski definition) is 3. The monoisotopic (exact) mass is 1110 g/mol. The number of rotatable bonds is 67. The number of hydrogen-bond acceptors (Lipinski definition) is 5. The zero-order valence-electron chi connectivity index (χ0n) is 53.4. The Morgan fingerprint density at radius 2 is 0.595 bits per heavy atom. The molecule has 0 fully saturated rings. The Morgan fingerprint density at radius 3 is 0.899 bits per heavy atom. The van der Waals surface area contributed by atoms with Crippen LogP contribution in [0.5, 0.6) is 0 Å². The smallest absolute Gasteiger partial charge is 0.305 e. The number of aliphatic hydroxyl groups excluding tert-OH is 2. The van der Waals surface area contributed by atoms with Crippen molar-refractivity contribution in [3.63, 3.8) is 0 Å². The Morgan fingerprint density at radius 1 is 0.342 bits per heavy atom. The van der Waals surface area contributed by atoms with E-state index in [4.69, 9.17) is 4.74 Å². The Bertz CT molecular complexity index is 1280. The van der Waals surface area contributed by atoms with Crippen LogP contribution in [0.4, 0.5) is 0 Å². The molecule has 6 nitrogen and oxygen atoms in total. The summed E-state index contributed by atoms with van der Waals surface area (Å²) in [5.41, 5.74) is 0. The van der Waals surface area contributed by atoms with Gasteiger partial charge in [0.15, 0.2) is 0 Å². The molecule has 466 valence electrons. The fraction of sp³-hybridized carbons (Fsp3) is 0.890. The molecule has 2 atom stereocenters. The third-order valence-electron chi connectivity index (χ3n) is 16.6. The molecule has 0 aromatic rings. The van der Waals surface area contributed by atoms with Crippen LogP contribution in [0.25, 0.3) is 0 Å². The highest BCUT2D eigenvalue weighted by atomic mass is 16.5. The maximum absolute atomic E-state index is 12.5. The van der Waals surface area contributed by atoms with Crippen LogP contribution in [0.1, 0.15) is 393 Å². The Hall–Kier alpha value is -1.92. The van der Waals surface area contributed by atoms with E-state index < -0.39 is 12.1 Å². The lowest BCUT2D eigenvalue weighted by Gasteiger charge is -2.20. The summed E-state index contributed by atoms with van der Waals surface area (Å²) >= 11 is 0. The lowest BCUT2D eigenvalue weighted by atomic mass is 10.0. The SMILES string of the molecule is CCCCCCCC/C=C\CCCCCCCCCCCC(=O)OCCCCCCCCCCCCCC/C=C\CCCCCCCCCCCCC(=O)NC(CO)C(O)/C=C/CCCCCCCCCCCCCCCCC. The first-order valence-corrected chi connectivity index (χ1v) is 35.8. The first-order chi connectivity index (χ1) is 39.0. The molecule has 0 aliphatic rings. The summed E-state index contributed by atoms with van der Waals surface area (Å²) in [6.07, 6.45) is 87.9. The van der Waals surface area contributed by atoms with Gasteiger partial charge in [0.25, 0.3) is 0 Å². The van der Waals surface area contributed by atoms with E-state index in [1.807, 2.05) is 6.08 Å². The van der Waals surface area contributed by atoms with Crippen molar-refractivity contribution in [2.24, 2.45) is 0 Å². The largest absolute Gasteiger partial charge is 0.466 e. The van der Waals surface area contributed by atoms with E-state index in [2.05, 4.69) is 43.5 Å². The van der Waals surface area contributed by atoms with Crippen molar-refractivity contribution >= 4 is 11.9 Å². The highest BCUT2D eigenvalue weighted by Crippen LogP contribution is 2.18. The molecule has 0 aliphatic carbocycles. The van der Waals surface area contributed by atoms with Crippen molar-refractivity contribution in [2.45, 2.75) is 405 Å². The lowest BCUT2D eigenvalue weighted by molar-refractivity contribution is -0.143. The number of esters is 1. The number of amides is 1. The summed E-state index contributed by atoms with van der Waals surface area (Å²) in [6.45, 7) is 4.93. The Labute approximate surface area is 494 Å². The van der Waals surface area contributed by atoms with Gasteiger partial charge >= 0.3 is 5.97 Å². The summed E-state index contributed by atoms with van der Waals surface area (Å²) in [5.74, 6) is -0.0532. The summed E-state index contributed by atoms with van der Waals surface area (Å²) < 4.78 is 5.51. The molecule has 0 heterocycles. The summed E-state index contributed by atoms with van der Waals surface area (Å²) in [4.78, 5) is 24.6. The van der Waals surface area contributed by atoms with Crippen LogP contribution in [0.3, 0.4) is 0 Å². The van der Waals surface area contributed by atoms with Gasteiger partial charge in [0.1, 0.15) is 0 Å². The second kappa shape index (κ2) is 68.6. The second-order valence-electron chi connectivity index (χ2n) is 24.6. The van der Waals surface area contributed by atoms with Gasteiger partial charge < -0.3 is 20.3 Å². The molecule has 0 radical (unpaired) electrons. The van der Waals surface area contributed by atoms with E-state index in [1.54, 1.807) is 6.08 Å². The first-order valence-electron chi connectivity index (χ1n) is 35.8. The Kier molecular flexibility index (Phi) is 66.9. The molecule has 0 bridgehead atoms. The molecular weight excluding hydrogens is 971 g/mol. The summed E-state index contributed by atoms with van der Waals surface area (Å²) in [5, 5.41) is 23.2. The van der Waals surface area contributed by atoms with Gasteiger partial charge in [0.05, 0.1) is 25.4 Å². The molecule has 2 unspecified atom stereocenters. The van der Waals surface area contributed by atoms with Gasteiger partial charge in [-0.3, -0.25) is 9.59 Å². The lowest BCUT2D eigenvalue weighted by Crippen LogP contribution is -2.45. The van der Waals surface area contributed by atoms with Crippen LogP contribution in [0, 0.1) is 0 Å².